The van der Waals surface area contributed by atoms with Gasteiger partial charge in [-0.1, -0.05) is 24.3 Å². The maximum atomic E-state index is 13.8. The van der Waals surface area contributed by atoms with Crippen molar-refractivity contribution in [3.8, 4) is 17.0 Å². The topological polar surface area (TPSA) is 43.2 Å². The first kappa shape index (κ1) is 21.5. The summed E-state index contributed by atoms with van der Waals surface area (Å²) in [6, 6.07) is 21.0. The van der Waals surface area contributed by atoms with Crippen molar-refractivity contribution in [3.63, 3.8) is 0 Å². The van der Waals surface area contributed by atoms with Gasteiger partial charge in [0.05, 0.1) is 29.8 Å². The van der Waals surface area contributed by atoms with E-state index in [0.29, 0.717) is 41.1 Å². The Labute approximate surface area is 199 Å². The van der Waals surface area contributed by atoms with Gasteiger partial charge in [-0.05, 0) is 60.8 Å². The molecule has 35 heavy (non-hydrogen) atoms. The van der Waals surface area contributed by atoms with Crippen molar-refractivity contribution >= 4 is 27.8 Å². The number of rotatable bonds is 5. The Hall–Kier alpha value is -4.07. The van der Waals surface area contributed by atoms with Crippen molar-refractivity contribution in [2.45, 2.75) is 19.6 Å². The summed E-state index contributed by atoms with van der Waals surface area (Å²) in [6.07, 6.45) is -0.149. The third-order valence-corrected chi connectivity index (χ3v) is 6.23. The summed E-state index contributed by atoms with van der Waals surface area (Å²) in [7, 11) is 0. The first-order valence-corrected chi connectivity index (χ1v) is 11.3. The van der Waals surface area contributed by atoms with Crippen LogP contribution in [0.15, 0.2) is 72.8 Å². The fourth-order valence-corrected chi connectivity index (χ4v) is 4.61. The molecule has 5 nitrogen and oxygen atoms in total. The number of aromatic nitrogens is 3. The Balaban J connectivity index is 1.23. The molecule has 3 heterocycles. The van der Waals surface area contributed by atoms with Gasteiger partial charge in [0, 0.05) is 16.6 Å². The molecule has 0 bridgehead atoms. The zero-order chi connectivity index (χ0) is 24.1. The van der Waals surface area contributed by atoms with Crippen LogP contribution in [0, 0.1) is 12.7 Å². The predicted octanol–water partition coefficient (Wildman–Crippen LogP) is 6.36. The Kier molecular flexibility index (Phi) is 5.09. The number of nitrogens with zero attached hydrogens (tertiary/aromatic N) is 4. The van der Waals surface area contributed by atoms with Crippen molar-refractivity contribution in [3.05, 3.63) is 84.3 Å². The highest BCUT2D eigenvalue weighted by atomic mass is 19.3. The average Bonchev–Trinajstić information content (AvgIpc) is 3.19. The standard InChI is InChI=1S/C27H21F3N4O/c1-16-11-18-13-20(9-10-22(18)25(31-16)17-5-4-6-19(28)12-17)35-21-14-33(15-21)27-32-23-7-2-3-8-24(23)34(27)26(29)30/h2-13,21,26H,14-15H2,1H3. The van der Waals surface area contributed by atoms with Gasteiger partial charge in [0.25, 0.3) is 0 Å². The quantitative estimate of drug-likeness (QED) is 0.297. The fraction of sp³-hybridized carbons (Fsp3) is 0.185. The van der Waals surface area contributed by atoms with E-state index in [1.807, 2.05) is 37.3 Å². The molecule has 1 aliphatic rings. The third kappa shape index (κ3) is 3.84. The van der Waals surface area contributed by atoms with Crippen LogP contribution in [0.1, 0.15) is 12.2 Å². The van der Waals surface area contributed by atoms with Gasteiger partial charge in [-0.25, -0.2) is 9.37 Å². The molecule has 6 rings (SSSR count). The van der Waals surface area contributed by atoms with Gasteiger partial charge in [-0.3, -0.25) is 9.55 Å². The van der Waals surface area contributed by atoms with Crippen LogP contribution in [-0.2, 0) is 0 Å². The molecule has 3 aromatic carbocycles. The van der Waals surface area contributed by atoms with Crippen molar-refractivity contribution in [1.82, 2.24) is 14.5 Å². The Morgan fingerprint density at radius 3 is 2.57 bits per heavy atom. The van der Waals surface area contributed by atoms with Crippen LogP contribution >= 0.6 is 0 Å². The maximum Gasteiger partial charge on any atom is 0.321 e. The third-order valence-electron chi connectivity index (χ3n) is 6.23. The number of aryl methyl sites for hydroxylation is 1. The monoisotopic (exact) mass is 474 g/mol. The van der Waals surface area contributed by atoms with Crippen LogP contribution in [0.25, 0.3) is 33.1 Å². The molecule has 0 unspecified atom stereocenters. The van der Waals surface area contributed by atoms with Gasteiger partial charge in [-0.2, -0.15) is 8.78 Å². The summed E-state index contributed by atoms with van der Waals surface area (Å²) in [5.74, 6) is 0.620. The Morgan fingerprint density at radius 2 is 1.77 bits per heavy atom. The molecular weight excluding hydrogens is 453 g/mol. The van der Waals surface area contributed by atoms with Gasteiger partial charge in [0.15, 0.2) is 0 Å². The summed E-state index contributed by atoms with van der Waals surface area (Å²) in [5.41, 5.74) is 3.19. The lowest BCUT2D eigenvalue weighted by molar-refractivity contribution is 0.0735. The lowest BCUT2D eigenvalue weighted by atomic mass is 10.0. The maximum absolute atomic E-state index is 13.8. The highest BCUT2D eigenvalue weighted by Crippen LogP contribution is 2.34. The van der Waals surface area contributed by atoms with Gasteiger partial charge < -0.3 is 9.64 Å². The summed E-state index contributed by atoms with van der Waals surface area (Å²) >= 11 is 0. The SMILES string of the molecule is Cc1cc2cc(OC3CN(c4nc5ccccc5n4C(F)F)C3)ccc2c(-c2cccc(F)c2)n1. The first-order chi connectivity index (χ1) is 17.0. The van der Waals surface area contributed by atoms with Gasteiger partial charge in [0.2, 0.25) is 5.95 Å². The van der Waals surface area contributed by atoms with E-state index in [1.54, 1.807) is 35.2 Å². The zero-order valence-electron chi connectivity index (χ0n) is 18.8. The van der Waals surface area contributed by atoms with Gasteiger partial charge in [-0.15, -0.1) is 0 Å². The average molecular weight is 474 g/mol. The number of hydrogen-bond acceptors (Lipinski definition) is 4. The highest BCUT2D eigenvalue weighted by Gasteiger charge is 2.34. The fourth-order valence-electron chi connectivity index (χ4n) is 4.61. The van der Waals surface area contributed by atoms with E-state index in [0.717, 1.165) is 21.0 Å². The molecule has 176 valence electrons. The smallest absolute Gasteiger partial charge is 0.321 e. The molecule has 0 spiro atoms. The number of para-hydroxylation sites is 2. The molecule has 0 atom stereocenters. The summed E-state index contributed by atoms with van der Waals surface area (Å²) < 4.78 is 48.4. The van der Waals surface area contributed by atoms with E-state index in [2.05, 4.69) is 9.97 Å². The number of pyridine rings is 1. The van der Waals surface area contributed by atoms with Crippen LogP contribution in [0.4, 0.5) is 19.1 Å². The molecule has 0 aliphatic carbocycles. The highest BCUT2D eigenvalue weighted by molar-refractivity contribution is 5.95. The van der Waals surface area contributed by atoms with E-state index in [-0.39, 0.29) is 17.9 Å². The number of fused-ring (bicyclic) bond motifs is 2. The number of alkyl halides is 2. The number of benzene rings is 3. The molecular formula is C27H21F3N4O. The van der Waals surface area contributed by atoms with E-state index in [1.165, 1.54) is 12.1 Å². The molecule has 2 aromatic heterocycles. The molecule has 0 N–H and O–H groups in total. The van der Waals surface area contributed by atoms with Crippen molar-refractivity contribution in [2.75, 3.05) is 18.0 Å². The molecule has 1 saturated heterocycles. The van der Waals surface area contributed by atoms with E-state index >= 15 is 0 Å². The Bertz CT molecular complexity index is 1560. The second-order valence-corrected chi connectivity index (χ2v) is 8.70. The largest absolute Gasteiger partial charge is 0.487 e. The number of anilines is 1. The van der Waals surface area contributed by atoms with E-state index in [9.17, 15) is 13.2 Å². The number of halogens is 3. The van der Waals surface area contributed by atoms with Crippen LogP contribution in [-0.4, -0.2) is 33.7 Å². The Morgan fingerprint density at radius 1 is 0.943 bits per heavy atom. The van der Waals surface area contributed by atoms with Crippen molar-refractivity contribution in [2.24, 2.45) is 0 Å². The second kappa shape index (κ2) is 8.30. The molecule has 1 fully saturated rings. The number of imidazole rings is 1. The normalized spacial score (nSPS) is 14.1. The first-order valence-electron chi connectivity index (χ1n) is 11.3. The van der Waals surface area contributed by atoms with Crippen molar-refractivity contribution in [1.29, 1.82) is 0 Å². The van der Waals surface area contributed by atoms with Crippen LogP contribution < -0.4 is 9.64 Å². The van der Waals surface area contributed by atoms with Crippen LogP contribution in [0.5, 0.6) is 5.75 Å². The minimum atomic E-state index is -2.68. The van der Waals surface area contributed by atoms with Gasteiger partial charge in [0.1, 0.15) is 17.7 Å². The molecule has 5 aromatic rings. The predicted molar refractivity (Wildman–Crippen MR) is 129 cm³/mol. The minimum Gasteiger partial charge on any atom is -0.487 e. The molecule has 0 saturated carbocycles. The zero-order valence-corrected chi connectivity index (χ0v) is 18.8. The summed E-state index contributed by atoms with van der Waals surface area (Å²) in [6.45, 7) is 0.131. The van der Waals surface area contributed by atoms with E-state index < -0.39 is 6.55 Å². The summed E-state index contributed by atoms with van der Waals surface area (Å²) in [5, 5.41) is 1.83. The van der Waals surface area contributed by atoms with E-state index in [4.69, 9.17) is 4.74 Å². The lowest BCUT2D eigenvalue weighted by Crippen LogP contribution is -2.55. The molecule has 0 amide bonds. The minimum absolute atomic E-state index is 0.149. The number of hydrogen-bond donors (Lipinski definition) is 0. The van der Waals surface area contributed by atoms with Crippen molar-refractivity contribution < 1.29 is 17.9 Å². The molecule has 8 heteroatoms. The van der Waals surface area contributed by atoms with Crippen LogP contribution in [0.2, 0.25) is 0 Å². The van der Waals surface area contributed by atoms with Crippen LogP contribution in [0.3, 0.4) is 0 Å². The number of ether oxygens (including phenoxy) is 1. The summed E-state index contributed by atoms with van der Waals surface area (Å²) in [4.78, 5) is 10.8. The second-order valence-electron chi connectivity index (χ2n) is 8.70. The van der Waals surface area contributed by atoms with Gasteiger partial charge >= 0.3 is 6.55 Å². The lowest BCUT2D eigenvalue weighted by Gasteiger charge is -2.39. The molecule has 0 radical (unpaired) electrons. The molecule has 1 aliphatic heterocycles.